The van der Waals surface area contributed by atoms with Gasteiger partial charge < -0.3 is 14.7 Å². The predicted molar refractivity (Wildman–Crippen MR) is 81.6 cm³/mol. The van der Waals surface area contributed by atoms with E-state index in [-0.39, 0.29) is 23.9 Å². The van der Waals surface area contributed by atoms with Crippen LogP contribution in [0.15, 0.2) is 4.52 Å². The van der Waals surface area contributed by atoms with Crippen LogP contribution < -0.4 is 5.32 Å². The Morgan fingerprint density at radius 2 is 2.00 bits per heavy atom. The van der Waals surface area contributed by atoms with Gasteiger partial charge in [0.25, 0.3) is 5.91 Å². The number of hydrogen-bond donors (Lipinski definition) is 1. The van der Waals surface area contributed by atoms with Crippen molar-refractivity contribution in [2.75, 3.05) is 26.7 Å². The summed E-state index contributed by atoms with van der Waals surface area (Å²) in [4.78, 5) is 28.7. The molecule has 2 rings (SSSR count). The summed E-state index contributed by atoms with van der Waals surface area (Å²) in [6.45, 7) is 9.24. The van der Waals surface area contributed by atoms with Crippen molar-refractivity contribution < 1.29 is 14.1 Å². The van der Waals surface area contributed by atoms with Crippen molar-refractivity contribution >= 4 is 11.8 Å². The molecule has 1 N–H and O–H groups in total. The van der Waals surface area contributed by atoms with E-state index in [1.807, 2.05) is 0 Å². The maximum Gasteiger partial charge on any atom is 0.259 e. The van der Waals surface area contributed by atoms with Crippen LogP contribution in [-0.4, -0.2) is 65.5 Å². The first kappa shape index (κ1) is 16.5. The molecule has 122 valence electrons. The fraction of sp³-hybridized carbons (Fsp3) is 0.667. The largest absolute Gasteiger partial charge is 0.361 e. The third-order valence-electron chi connectivity index (χ3n) is 4.17. The van der Waals surface area contributed by atoms with Crippen molar-refractivity contribution in [3.8, 4) is 0 Å². The number of carbonyl (C=O) groups is 2. The molecular weight excluding hydrogens is 284 g/mol. The summed E-state index contributed by atoms with van der Waals surface area (Å²) in [6.07, 6.45) is 0. The van der Waals surface area contributed by atoms with Crippen LogP contribution in [0.3, 0.4) is 0 Å². The van der Waals surface area contributed by atoms with Gasteiger partial charge in [0, 0.05) is 32.7 Å². The lowest BCUT2D eigenvalue weighted by atomic mass is 10.1. The molecule has 1 saturated heterocycles. The van der Waals surface area contributed by atoms with Crippen molar-refractivity contribution in [1.82, 2.24) is 20.3 Å². The number of aromatic nitrogens is 1. The minimum atomic E-state index is -0.330. The predicted octanol–water partition coefficient (Wildman–Crippen LogP) is 0.572. The molecule has 0 aromatic carbocycles. The van der Waals surface area contributed by atoms with Gasteiger partial charge in [-0.25, -0.2) is 0 Å². The summed E-state index contributed by atoms with van der Waals surface area (Å²) >= 11 is 0. The summed E-state index contributed by atoms with van der Waals surface area (Å²) in [5.74, 6) is 0.337. The molecule has 1 fully saturated rings. The Labute approximate surface area is 130 Å². The van der Waals surface area contributed by atoms with Crippen molar-refractivity contribution in [3.63, 3.8) is 0 Å². The van der Waals surface area contributed by atoms with E-state index in [2.05, 4.69) is 29.2 Å². The quantitative estimate of drug-likeness (QED) is 0.883. The summed E-state index contributed by atoms with van der Waals surface area (Å²) < 4.78 is 5.07. The molecule has 1 atom stereocenters. The summed E-state index contributed by atoms with van der Waals surface area (Å²) in [5, 5.41) is 6.52. The molecule has 7 nitrogen and oxygen atoms in total. The standard InChI is InChI=1S/C15H24N4O3/c1-9(2)19-7-6-18(8-12(19)14(20)16-5)15(21)13-10(3)17-22-11(13)4/h9,12H,6-8H2,1-5H3,(H,16,20)/t12-/m1/s1. The fourth-order valence-corrected chi connectivity index (χ4v) is 2.95. The number of likely N-dealkylation sites (N-methyl/N-ethyl adjacent to an activating group) is 1. The lowest BCUT2D eigenvalue weighted by Crippen LogP contribution is -2.61. The van der Waals surface area contributed by atoms with Gasteiger partial charge in [0.15, 0.2) is 0 Å². The molecule has 2 heterocycles. The molecule has 1 aromatic rings. The zero-order valence-corrected chi connectivity index (χ0v) is 13.8. The van der Waals surface area contributed by atoms with Crippen molar-refractivity contribution in [2.45, 2.75) is 39.8 Å². The average molecular weight is 308 g/mol. The zero-order valence-electron chi connectivity index (χ0n) is 13.8. The first-order valence-electron chi connectivity index (χ1n) is 7.56. The third-order valence-corrected chi connectivity index (χ3v) is 4.17. The first-order chi connectivity index (χ1) is 10.4. The number of piperazine rings is 1. The molecule has 0 unspecified atom stereocenters. The van der Waals surface area contributed by atoms with E-state index in [1.54, 1.807) is 25.8 Å². The smallest absolute Gasteiger partial charge is 0.259 e. The molecule has 0 bridgehead atoms. The Morgan fingerprint density at radius 3 is 2.50 bits per heavy atom. The minimum Gasteiger partial charge on any atom is -0.361 e. The van der Waals surface area contributed by atoms with E-state index in [1.165, 1.54) is 0 Å². The monoisotopic (exact) mass is 308 g/mol. The van der Waals surface area contributed by atoms with Crippen molar-refractivity contribution in [3.05, 3.63) is 17.0 Å². The van der Waals surface area contributed by atoms with E-state index >= 15 is 0 Å². The molecule has 0 aliphatic carbocycles. The van der Waals surface area contributed by atoms with Crippen LogP contribution in [0.25, 0.3) is 0 Å². The molecule has 1 aliphatic heterocycles. The highest BCUT2D eigenvalue weighted by molar-refractivity contribution is 5.96. The second-order valence-corrected chi connectivity index (χ2v) is 5.91. The van der Waals surface area contributed by atoms with Crippen LogP contribution >= 0.6 is 0 Å². The van der Waals surface area contributed by atoms with Gasteiger partial charge in [-0.05, 0) is 27.7 Å². The van der Waals surface area contributed by atoms with Gasteiger partial charge in [-0.15, -0.1) is 0 Å². The highest BCUT2D eigenvalue weighted by Crippen LogP contribution is 2.19. The summed E-state index contributed by atoms with van der Waals surface area (Å²) in [5.41, 5.74) is 1.10. The molecule has 0 radical (unpaired) electrons. The van der Waals surface area contributed by atoms with Gasteiger partial charge in [0.2, 0.25) is 5.91 Å². The Balaban J connectivity index is 2.21. The van der Waals surface area contributed by atoms with E-state index in [4.69, 9.17) is 4.52 Å². The van der Waals surface area contributed by atoms with Gasteiger partial charge in [-0.3, -0.25) is 14.5 Å². The van der Waals surface area contributed by atoms with Gasteiger partial charge in [-0.1, -0.05) is 5.16 Å². The molecule has 1 aromatic heterocycles. The fourth-order valence-electron chi connectivity index (χ4n) is 2.95. The number of amides is 2. The van der Waals surface area contributed by atoms with Crippen LogP contribution in [0.2, 0.25) is 0 Å². The molecule has 0 saturated carbocycles. The number of rotatable bonds is 3. The molecule has 2 amide bonds. The average Bonchev–Trinajstić information content (AvgIpc) is 2.84. The molecule has 0 spiro atoms. The van der Waals surface area contributed by atoms with Crippen LogP contribution in [0.4, 0.5) is 0 Å². The normalized spacial score (nSPS) is 19.5. The van der Waals surface area contributed by atoms with Gasteiger partial charge >= 0.3 is 0 Å². The van der Waals surface area contributed by atoms with Crippen LogP contribution in [0, 0.1) is 13.8 Å². The van der Waals surface area contributed by atoms with Crippen molar-refractivity contribution in [1.29, 1.82) is 0 Å². The Morgan fingerprint density at radius 1 is 1.32 bits per heavy atom. The Hall–Kier alpha value is -1.89. The SMILES string of the molecule is CNC(=O)[C@H]1CN(C(=O)c2c(C)noc2C)CCN1C(C)C. The molecular formula is C15H24N4O3. The molecule has 1 aliphatic rings. The third kappa shape index (κ3) is 2.99. The van der Waals surface area contributed by atoms with Crippen LogP contribution in [-0.2, 0) is 4.79 Å². The van der Waals surface area contributed by atoms with E-state index in [0.29, 0.717) is 36.7 Å². The second-order valence-electron chi connectivity index (χ2n) is 5.91. The Kier molecular flexibility index (Phi) is 4.85. The number of nitrogens with zero attached hydrogens (tertiary/aromatic N) is 3. The van der Waals surface area contributed by atoms with Crippen molar-refractivity contribution in [2.24, 2.45) is 0 Å². The number of hydrogen-bond acceptors (Lipinski definition) is 5. The van der Waals surface area contributed by atoms with E-state index in [9.17, 15) is 9.59 Å². The van der Waals surface area contributed by atoms with Gasteiger partial charge in [0.1, 0.15) is 17.4 Å². The maximum atomic E-state index is 12.7. The minimum absolute atomic E-state index is 0.0648. The summed E-state index contributed by atoms with van der Waals surface area (Å²) in [6, 6.07) is -0.0817. The maximum absolute atomic E-state index is 12.7. The van der Waals surface area contributed by atoms with E-state index in [0.717, 1.165) is 0 Å². The highest BCUT2D eigenvalue weighted by atomic mass is 16.5. The lowest BCUT2D eigenvalue weighted by molar-refractivity contribution is -0.128. The number of carbonyl (C=O) groups excluding carboxylic acids is 2. The van der Waals surface area contributed by atoms with E-state index < -0.39 is 0 Å². The zero-order chi connectivity index (χ0) is 16.4. The number of nitrogens with one attached hydrogen (secondary N) is 1. The first-order valence-corrected chi connectivity index (χ1v) is 7.56. The van der Waals surface area contributed by atoms with Crippen LogP contribution in [0.5, 0.6) is 0 Å². The number of aryl methyl sites for hydroxylation is 2. The van der Waals surface area contributed by atoms with Gasteiger partial charge in [0.05, 0.1) is 5.69 Å². The van der Waals surface area contributed by atoms with Crippen LogP contribution in [0.1, 0.15) is 35.7 Å². The van der Waals surface area contributed by atoms with Gasteiger partial charge in [-0.2, -0.15) is 0 Å². The topological polar surface area (TPSA) is 78.7 Å². The summed E-state index contributed by atoms with van der Waals surface area (Å²) in [7, 11) is 1.62. The molecule has 22 heavy (non-hydrogen) atoms. The highest BCUT2D eigenvalue weighted by Gasteiger charge is 2.36. The Bertz CT molecular complexity index is 548. The second kappa shape index (κ2) is 6.48. The molecule has 7 heteroatoms. The lowest BCUT2D eigenvalue weighted by Gasteiger charge is -2.42.